The molecule has 1 amide bonds. The summed E-state index contributed by atoms with van der Waals surface area (Å²) in [5.74, 6) is 0.685. The second-order valence-corrected chi connectivity index (χ2v) is 8.84. The topological polar surface area (TPSA) is 106 Å². The van der Waals surface area contributed by atoms with Gasteiger partial charge in [-0.25, -0.2) is 0 Å². The summed E-state index contributed by atoms with van der Waals surface area (Å²) in [6.45, 7) is 4.36. The highest BCUT2D eigenvalue weighted by molar-refractivity contribution is 7.99. The van der Waals surface area contributed by atoms with Gasteiger partial charge >= 0.3 is 0 Å². The third-order valence-electron chi connectivity index (χ3n) is 5.26. The van der Waals surface area contributed by atoms with E-state index in [1.54, 1.807) is 19.1 Å². The maximum atomic E-state index is 12.6. The monoisotopic (exact) mass is 468 g/mol. The van der Waals surface area contributed by atoms with Crippen molar-refractivity contribution in [1.82, 2.24) is 19.7 Å². The molecule has 0 aliphatic heterocycles. The predicted octanol–water partition coefficient (Wildman–Crippen LogP) is 4.29. The summed E-state index contributed by atoms with van der Waals surface area (Å²) < 4.78 is 2.05. The van der Waals surface area contributed by atoms with Crippen LogP contribution in [0.15, 0.2) is 53.7 Å². The fraction of sp³-hybridized carbons (Fsp3) is 0.348. The van der Waals surface area contributed by atoms with Crippen LogP contribution in [0.4, 0.5) is 11.4 Å². The molecule has 0 spiro atoms. The van der Waals surface area contributed by atoms with Crippen molar-refractivity contribution in [3.05, 3.63) is 75.6 Å². The number of hydrogen-bond donors (Lipinski definition) is 1. The van der Waals surface area contributed by atoms with Gasteiger partial charge in [-0.2, -0.15) is 0 Å². The second kappa shape index (κ2) is 11.1. The van der Waals surface area contributed by atoms with Gasteiger partial charge in [0.2, 0.25) is 5.91 Å². The first-order chi connectivity index (χ1) is 15.8. The molecule has 10 heteroatoms. The molecule has 1 aromatic heterocycles. The Morgan fingerprint density at radius 1 is 1.21 bits per heavy atom. The van der Waals surface area contributed by atoms with E-state index in [9.17, 15) is 14.9 Å². The lowest BCUT2D eigenvalue weighted by atomic mass is 10.2. The lowest BCUT2D eigenvalue weighted by Crippen LogP contribution is -2.23. The number of aromatic nitrogens is 3. The number of nitrogens with zero attached hydrogens (tertiary/aromatic N) is 5. The Balaban J connectivity index is 1.77. The molecule has 3 aromatic rings. The molecule has 0 aliphatic rings. The van der Waals surface area contributed by atoms with Crippen molar-refractivity contribution in [2.24, 2.45) is 0 Å². The number of anilines is 1. The van der Waals surface area contributed by atoms with Crippen molar-refractivity contribution in [1.29, 1.82) is 0 Å². The summed E-state index contributed by atoms with van der Waals surface area (Å²) in [7, 11) is 4.02. The number of amides is 1. The van der Waals surface area contributed by atoms with Crippen molar-refractivity contribution in [2.75, 3.05) is 25.2 Å². The van der Waals surface area contributed by atoms with Crippen LogP contribution in [0.25, 0.3) is 0 Å². The van der Waals surface area contributed by atoms with Crippen LogP contribution in [0.5, 0.6) is 0 Å². The van der Waals surface area contributed by atoms with Crippen molar-refractivity contribution >= 4 is 29.0 Å². The maximum absolute atomic E-state index is 12.6. The van der Waals surface area contributed by atoms with Crippen molar-refractivity contribution in [3.63, 3.8) is 0 Å². The molecule has 2 aromatic carbocycles. The average Bonchev–Trinajstić information content (AvgIpc) is 3.16. The molecule has 9 nitrogen and oxygen atoms in total. The van der Waals surface area contributed by atoms with Crippen LogP contribution >= 0.6 is 11.8 Å². The van der Waals surface area contributed by atoms with Crippen LogP contribution in [0.1, 0.15) is 36.3 Å². The van der Waals surface area contributed by atoms with Gasteiger partial charge < -0.3 is 9.88 Å². The van der Waals surface area contributed by atoms with E-state index < -0.39 is 4.92 Å². The molecule has 1 atom stereocenters. The molecule has 33 heavy (non-hydrogen) atoms. The molecule has 0 saturated carbocycles. The Kier molecular flexibility index (Phi) is 8.18. The average molecular weight is 469 g/mol. The number of carbonyl (C=O) groups excluding carboxylic acids is 1. The summed E-state index contributed by atoms with van der Waals surface area (Å²) in [4.78, 5) is 25.4. The molecule has 174 valence electrons. The summed E-state index contributed by atoms with van der Waals surface area (Å²) in [6, 6.07) is 14.8. The Labute approximate surface area is 197 Å². The van der Waals surface area contributed by atoms with Gasteiger partial charge in [0.15, 0.2) is 11.0 Å². The van der Waals surface area contributed by atoms with Crippen molar-refractivity contribution in [2.45, 2.75) is 38.0 Å². The predicted molar refractivity (Wildman–Crippen MR) is 129 cm³/mol. The van der Waals surface area contributed by atoms with Crippen LogP contribution in [0.3, 0.4) is 0 Å². The number of thioether (sulfide) groups is 1. The highest BCUT2D eigenvalue weighted by atomic mass is 32.2. The quantitative estimate of drug-likeness (QED) is 0.269. The zero-order chi connectivity index (χ0) is 24.0. The number of rotatable bonds is 10. The van der Waals surface area contributed by atoms with E-state index in [4.69, 9.17) is 0 Å². The second-order valence-electron chi connectivity index (χ2n) is 7.90. The number of hydrogen-bond acceptors (Lipinski definition) is 7. The highest BCUT2D eigenvalue weighted by Gasteiger charge is 2.23. The number of benzene rings is 2. The zero-order valence-electron chi connectivity index (χ0n) is 19.2. The zero-order valence-corrected chi connectivity index (χ0v) is 20.0. The van der Waals surface area contributed by atoms with Crippen LogP contribution < -0.4 is 5.32 Å². The maximum Gasteiger partial charge on any atom is 0.274 e. The van der Waals surface area contributed by atoms with Crippen molar-refractivity contribution < 1.29 is 9.72 Å². The Bertz CT molecular complexity index is 1120. The van der Waals surface area contributed by atoms with E-state index in [1.165, 1.54) is 17.8 Å². The minimum absolute atomic E-state index is 0.0259. The number of carbonyl (C=O) groups is 1. The first-order valence-corrected chi connectivity index (χ1v) is 11.6. The Morgan fingerprint density at radius 2 is 1.94 bits per heavy atom. The van der Waals surface area contributed by atoms with Crippen LogP contribution in [-0.4, -0.2) is 50.3 Å². The van der Waals surface area contributed by atoms with Gasteiger partial charge in [-0.05, 0) is 39.1 Å². The van der Waals surface area contributed by atoms with Gasteiger partial charge in [0.25, 0.3) is 5.69 Å². The summed E-state index contributed by atoms with van der Waals surface area (Å²) >= 11 is 1.29. The van der Waals surface area contributed by atoms with Gasteiger partial charge in [0.1, 0.15) is 0 Å². The van der Waals surface area contributed by atoms with Crippen molar-refractivity contribution in [3.8, 4) is 0 Å². The molecular formula is C23H28N6O3S. The number of nitro benzene ring substituents is 1. The first-order valence-electron chi connectivity index (χ1n) is 10.6. The van der Waals surface area contributed by atoms with E-state index in [-0.39, 0.29) is 23.4 Å². The molecule has 0 fully saturated rings. The molecule has 0 saturated heterocycles. The van der Waals surface area contributed by atoms with Gasteiger partial charge in [0, 0.05) is 17.3 Å². The molecule has 0 unspecified atom stereocenters. The Morgan fingerprint density at radius 3 is 2.58 bits per heavy atom. The minimum atomic E-state index is -0.456. The van der Waals surface area contributed by atoms with Gasteiger partial charge in [0.05, 0.1) is 23.3 Å². The third kappa shape index (κ3) is 6.17. The summed E-state index contributed by atoms with van der Waals surface area (Å²) in [5, 5.41) is 23.4. The van der Waals surface area contributed by atoms with Crippen LogP contribution in [0, 0.1) is 17.0 Å². The van der Waals surface area contributed by atoms with Gasteiger partial charge in [-0.15, -0.1) is 10.2 Å². The molecule has 0 radical (unpaired) electrons. The Hall–Kier alpha value is -3.24. The van der Waals surface area contributed by atoms with E-state index in [2.05, 4.69) is 31.9 Å². The molecule has 1 heterocycles. The largest absolute Gasteiger partial charge is 0.325 e. The number of nitrogens with one attached hydrogen (secondary N) is 1. The molecule has 3 rings (SSSR count). The fourth-order valence-corrected chi connectivity index (χ4v) is 4.30. The number of aryl methyl sites for hydroxylation is 1. The standard InChI is InChI=1S/C23H28N6O3S/c1-5-19(27(3)4)22-25-26-23(28(22)14-17-9-7-6-8-10-17)33-15-21(30)24-18-12-11-16(2)20(13-18)29(31)32/h6-13,19H,5,14-15H2,1-4H3,(H,24,30)/t19-/m0/s1. The SMILES string of the molecule is CC[C@@H](c1nnc(SCC(=O)Nc2ccc(C)c([N+](=O)[O-])c2)n1Cc1ccccc1)N(C)C. The van der Waals surface area contributed by atoms with Gasteiger partial charge in [-0.3, -0.25) is 19.8 Å². The van der Waals surface area contributed by atoms with E-state index in [0.717, 1.165) is 17.8 Å². The van der Waals surface area contributed by atoms with E-state index in [1.807, 2.05) is 44.4 Å². The molecule has 0 bridgehead atoms. The molecule has 0 aliphatic carbocycles. The molecule has 1 N–H and O–H groups in total. The smallest absolute Gasteiger partial charge is 0.274 e. The first kappa shape index (κ1) is 24.4. The van der Waals surface area contributed by atoms with E-state index in [0.29, 0.717) is 23.0 Å². The lowest BCUT2D eigenvalue weighted by molar-refractivity contribution is -0.385. The summed E-state index contributed by atoms with van der Waals surface area (Å²) in [5.41, 5.74) is 2.02. The van der Waals surface area contributed by atoms with E-state index >= 15 is 0 Å². The number of nitro groups is 1. The summed E-state index contributed by atoms with van der Waals surface area (Å²) in [6.07, 6.45) is 0.872. The van der Waals surface area contributed by atoms with Crippen LogP contribution in [0.2, 0.25) is 0 Å². The molecular weight excluding hydrogens is 440 g/mol. The highest BCUT2D eigenvalue weighted by Crippen LogP contribution is 2.27. The van der Waals surface area contributed by atoms with Gasteiger partial charge in [-0.1, -0.05) is 55.1 Å². The minimum Gasteiger partial charge on any atom is -0.325 e. The normalized spacial score (nSPS) is 12.0. The lowest BCUT2D eigenvalue weighted by Gasteiger charge is -2.23. The fourth-order valence-electron chi connectivity index (χ4n) is 3.56. The third-order valence-corrected chi connectivity index (χ3v) is 6.23. The van der Waals surface area contributed by atoms with Crippen LogP contribution in [-0.2, 0) is 11.3 Å².